The van der Waals surface area contributed by atoms with Crippen molar-refractivity contribution < 1.29 is 14.3 Å². The number of isocyanates is 1. The maximum atomic E-state index is 11.5. The van der Waals surface area contributed by atoms with E-state index in [9.17, 15) is 9.59 Å². The number of aryl methyl sites for hydroxylation is 1. The number of hydrogen-bond acceptors (Lipinski definition) is 4. The van der Waals surface area contributed by atoms with Crippen molar-refractivity contribution in [2.24, 2.45) is 4.99 Å². The Morgan fingerprint density at radius 3 is 2.47 bits per heavy atom. The average Bonchev–Trinajstić information content (AvgIpc) is 2.37. The first kappa shape index (κ1) is 15.1. The van der Waals surface area contributed by atoms with Crippen LogP contribution in [0.15, 0.2) is 29.3 Å². The van der Waals surface area contributed by atoms with Crippen LogP contribution in [-0.2, 0) is 16.0 Å². The smallest absolute Gasteiger partial charge is 0.338 e. The first-order valence-corrected chi connectivity index (χ1v) is 6.33. The maximum Gasteiger partial charge on any atom is 0.338 e. The molecule has 0 saturated heterocycles. The predicted molar refractivity (Wildman–Crippen MR) is 72.9 cm³/mol. The van der Waals surface area contributed by atoms with Crippen LogP contribution in [0.2, 0.25) is 0 Å². The molecule has 0 aliphatic rings. The van der Waals surface area contributed by atoms with Crippen molar-refractivity contribution in [3.63, 3.8) is 0 Å². The van der Waals surface area contributed by atoms with E-state index in [4.69, 9.17) is 4.74 Å². The van der Waals surface area contributed by atoms with Gasteiger partial charge in [-0.3, -0.25) is 0 Å². The van der Waals surface area contributed by atoms with E-state index >= 15 is 0 Å². The number of ether oxygens (including phenoxy) is 1. The van der Waals surface area contributed by atoms with Crippen molar-refractivity contribution in [2.45, 2.75) is 39.2 Å². The number of carbonyl (C=O) groups excluding carboxylic acids is 2. The molecule has 1 rings (SSSR count). The van der Waals surface area contributed by atoms with Crippen LogP contribution in [0.25, 0.3) is 0 Å². The van der Waals surface area contributed by atoms with E-state index in [1.165, 1.54) is 0 Å². The molecule has 4 heteroatoms. The second-order valence-electron chi connectivity index (χ2n) is 4.93. The molecule has 0 aliphatic heterocycles. The van der Waals surface area contributed by atoms with Crippen LogP contribution in [0.5, 0.6) is 0 Å². The summed E-state index contributed by atoms with van der Waals surface area (Å²) in [6, 6.07) is 7.30. The van der Waals surface area contributed by atoms with Crippen molar-refractivity contribution in [3.8, 4) is 0 Å². The predicted octanol–water partition coefficient (Wildman–Crippen LogP) is 2.91. The molecule has 19 heavy (non-hydrogen) atoms. The van der Waals surface area contributed by atoms with Crippen LogP contribution < -0.4 is 0 Å². The van der Waals surface area contributed by atoms with Crippen LogP contribution in [0.1, 0.15) is 43.1 Å². The van der Waals surface area contributed by atoms with E-state index in [-0.39, 0.29) is 5.97 Å². The summed E-state index contributed by atoms with van der Waals surface area (Å²) in [6.07, 6.45) is 3.14. The lowest BCUT2D eigenvalue weighted by Gasteiger charge is -2.16. The first-order valence-electron chi connectivity index (χ1n) is 6.33. The van der Waals surface area contributed by atoms with Crippen molar-refractivity contribution >= 4 is 12.0 Å². The topological polar surface area (TPSA) is 55.7 Å². The lowest BCUT2D eigenvalue weighted by molar-refractivity contribution is 0.0526. The van der Waals surface area contributed by atoms with E-state index < -0.39 is 5.54 Å². The van der Waals surface area contributed by atoms with Gasteiger partial charge >= 0.3 is 5.97 Å². The first-order chi connectivity index (χ1) is 8.98. The number of hydrogen-bond donors (Lipinski definition) is 0. The molecule has 4 nitrogen and oxygen atoms in total. The minimum atomic E-state index is -0.401. The van der Waals surface area contributed by atoms with E-state index in [0.717, 1.165) is 18.4 Å². The Morgan fingerprint density at radius 2 is 1.95 bits per heavy atom. The number of benzene rings is 1. The Labute approximate surface area is 113 Å². The van der Waals surface area contributed by atoms with E-state index in [2.05, 4.69) is 4.99 Å². The molecule has 102 valence electrons. The number of nitrogens with zero attached hydrogens (tertiary/aromatic N) is 1. The summed E-state index contributed by atoms with van der Waals surface area (Å²) in [5.74, 6) is -0.306. The van der Waals surface area contributed by atoms with Gasteiger partial charge in [-0.05, 0) is 51.3 Å². The fraction of sp³-hybridized carbons (Fsp3) is 0.467. The number of rotatable bonds is 6. The molecule has 0 atom stereocenters. The van der Waals surface area contributed by atoms with Gasteiger partial charge in [0.25, 0.3) is 0 Å². The molecule has 0 bridgehead atoms. The third-order valence-electron chi connectivity index (χ3n) is 2.84. The lowest BCUT2D eigenvalue weighted by Crippen LogP contribution is -2.17. The zero-order valence-electron chi connectivity index (χ0n) is 11.6. The molecule has 0 spiro atoms. The highest BCUT2D eigenvalue weighted by Gasteiger charge is 2.16. The van der Waals surface area contributed by atoms with Gasteiger partial charge in [-0.1, -0.05) is 12.1 Å². The van der Waals surface area contributed by atoms with Gasteiger partial charge in [-0.2, -0.15) is 4.99 Å². The third-order valence-corrected chi connectivity index (χ3v) is 2.84. The van der Waals surface area contributed by atoms with Gasteiger partial charge in [0.1, 0.15) is 0 Å². The molecule has 0 heterocycles. The van der Waals surface area contributed by atoms with Crippen molar-refractivity contribution in [1.82, 2.24) is 0 Å². The van der Waals surface area contributed by atoms with Gasteiger partial charge in [0.05, 0.1) is 17.7 Å². The molecule has 1 aromatic carbocycles. The normalized spacial score (nSPS) is 10.7. The standard InChI is InChI=1S/C15H19NO3/c1-4-19-14(18)13-7-5-12(6-8-13)9-10-15(2,3)16-11-17/h5-8H,4,9-10H2,1-3H3. The Balaban J connectivity index is 2.62. The van der Waals surface area contributed by atoms with Gasteiger partial charge in [-0.25, -0.2) is 9.59 Å². The van der Waals surface area contributed by atoms with Gasteiger partial charge in [-0.15, -0.1) is 0 Å². The summed E-state index contributed by atoms with van der Waals surface area (Å²) in [6.45, 7) is 5.94. The Morgan fingerprint density at radius 1 is 1.32 bits per heavy atom. The van der Waals surface area contributed by atoms with Crippen molar-refractivity contribution in [3.05, 3.63) is 35.4 Å². The van der Waals surface area contributed by atoms with Crippen LogP contribution >= 0.6 is 0 Å². The Hall–Kier alpha value is -1.93. The fourth-order valence-electron chi connectivity index (χ4n) is 1.65. The fourth-order valence-corrected chi connectivity index (χ4v) is 1.65. The molecule has 0 aromatic heterocycles. The molecular weight excluding hydrogens is 242 g/mol. The SMILES string of the molecule is CCOC(=O)c1ccc(CCC(C)(C)N=C=O)cc1. The van der Waals surface area contributed by atoms with E-state index in [1.54, 1.807) is 25.1 Å². The Bertz CT molecular complexity index is 471. The summed E-state index contributed by atoms with van der Waals surface area (Å²) in [5.41, 5.74) is 1.25. The third kappa shape index (κ3) is 5.06. The van der Waals surface area contributed by atoms with Crippen LogP contribution in [0.3, 0.4) is 0 Å². The summed E-state index contributed by atoms with van der Waals surface area (Å²) in [4.78, 5) is 25.5. The highest BCUT2D eigenvalue weighted by Crippen LogP contribution is 2.17. The highest BCUT2D eigenvalue weighted by atomic mass is 16.5. The van der Waals surface area contributed by atoms with Gasteiger partial charge in [0, 0.05) is 0 Å². The van der Waals surface area contributed by atoms with Crippen molar-refractivity contribution in [2.75, 3.05) is 6.61 Å². The Kier molecular flexibility index (Phi) is 5.46. The molecule has 0 N–H and O–H groups in total. The van der Waals surface area contributed by atoms with Crippen LogP contribution in [-0.4, -0.2) is 24.2 Å². The second kappa shape index (κ2) is 6.86. The molecule has 0 amide bonds. The average molecular weight is 261 g/mol. The van der Waals surface area contributed by atoms with Gasteiger partial charge in [0.2, 0.25) is 6.08 Å². The van der Waals surface area contributed by atoms with E-state index in [0.29, 0.717) is 12.2 Å². The largest absolute Gasteiger partial charge is 0.462 e. The molecule has 0 aliphatic carbocycles. The summed E-state index contributed by atoms with van der Waals surface area (Å²) < 4.78 is 4.92. The molecule has 0 radical (unpaired) electrons. The minimum absolute atomic E-state index is 0.306. The zero-order valence-corrected chi connectivity index (χ0v) is 11.6. The molecule has 0 saturated carbocycles. The summed E-state index contributed by atoms with van der Waals surface area (Å²) in [7, 11) is 0. The van der Waals surface area contributed by atoms with Crippen molar-refractivity contribution in [1.29, 1.82) is 0 Å². The number of esters is 1. The monoisotopic (exact) mass is 261 g/mol. The second-order valence-corrected chi connectivity index (χ2v) is 4.93. The molecule has 0 unspecified atom stereocenters. The maximum absolute atomic E-state index is 11.5. The zero-order chi connectivity index (χ0) is 14.3. The quantitative estimate of drug-likeness (QED) is 0.449. The van der Waals surface area contributed by atoms with E-state index in [1.807, 2.05) is 26.0 Å². The van der Waals surface area contributed by atoms with Gasteiger partial charge < -0.3 is 4.74 Å². The van der Waals surface area contributed by atoms with Crippen LogP contribution in [0.4, 0.5) is 0 Å². The van der Waals surface area contributed by atoms with Crippen LogP contribution in [0, 0.1) is 0 Å². The molecule has 0 fully saturated rings. The lowest BCUT2D eigenvalue weighted by atomic mass is 9.96. The molecule has 1 aromatic rings. The highest BCUT2D eigenvalue weighted by molar-refractivity contribution is 5.89. The number of carbonyl (C=O) groups is 1. The summed E-state index contributed by atoms with van der Waals surface area (Å²) >= 11 is 0. The van der Waals surface area contributed by atoms with Gasteiger partial charge in [0.15, 0.2) is 0 Å². The summed E-state index contributed by atoms with van der Waals surface area (Å²) in [5, 5.41) is 0. The minimum Gasteiger partial charge on any atom is -0.462 e. The number of aliphatic imine (C=N–C) groups is 1. The molecular formula is C15H19NO3.